The Balaban J connectivity index is 1.69. The molecule has 3 rings (SSSR count). The van der Waals surface area contributed by atoms with Crippen molar-refractivity contribution in [3.8, 4) is 0 Å². The summed E-state index contributed by atoms with van der Waals surface area (Å²) in [5, 5.41) is 0. The topological polar surface area (TPSA) is 20.3 Å². The standard InChI is InChI=1S/C17H29NO/c1-14-5-3-9-17(11-14,13-19)12-18-10-4-7-15-6-2-8-16(15)18/h13-16H,2-12H2,1H3. The summed E-state index contributed by atoms with van der Waals surface area (Å²) in [5.74, 6) is 1.68. The smallest absolute Gasteiger partial charge is 0.127 e. The van der Waals surface area contributed by atoms with Crippen LogP contribution in [0, 0.1) is 17.3 Å². The second-order valence-electron chi connectivity index (χ2n) is 7.55. The van der Waals surface area contributed by atoms with Crippen LogP contribution in [0.1, 0.15) is 64.7 Å². The summed E-state index contributed by atoms with van der Waals surface area (Å²) in [6.07, 6.45) is 13.2. The van der Waals surface area contributed by atoms with Gasteiger partial charge < -0.3 is 4.79 Å². The van der Waals surface area contributed by atoms with Crippen molar-refractivity contribution in [1.29, 1.82) is 0 Å². The van der Waals surface area contributed by atoms with E-state index in [1.54, 1.807) is 0 Å². The van der Waals surface area contributed by atoms with E-state index in [0.29, 0.717) is 0 Å². The van der Waals surface area contributed by atoms with Crippen LogP contribution in [0.2, 0.25) is 0 Å². The molecule has 2 aliphatic carbocycles. The van der Waals surface area contributed by atoms with Crippen molar-refractivity contribution in [3.05, 3.63) is 0 Å². The van der Waals surface area contributed by atoms with E-state index in [1.807, 2.05) is 0 Å². The van der Waals surface area contributed by atoms with Gasteiger partial charge in [0.2, 0.25) is 0 Å². The highest BCUT2D eigenvalue weighted by Gasteiger charge is 2.41. The largest absolute Gasteiger partial charge is 0.303 e. The van der Waals surface area contributed by atoms with Gasteiger partial charge in [-0.2, -0.15) is 0 Å². The fourth-order valence-corrected chi connectivity index (χ4v) is 5.15. The zero-order valence-corrected chi connectivity index (χ0v) is 12.4. The van der Waals surface area contributed by atoms with Crippen molar-refractivity contribution in [1.82, 2.24) is 4.90 Å². The van der Waals surface area contributed by atoms with Crippen LogP contribution in [-0.2, 0) is 4.79 Å². The van der Waals surface area contributed by atoms with Gasteiger partial charge in [-0.15, -0.1) is 0 Å². The maximum Gasteiger partial charge on any atom is 0.127 e. The van der Waals surface area contributed by atoms with Crippen LogP contribution in [-0.4, -0.2) is 30.3 Å². The van der Waals surface area contributed by atoms with Crippen LogP contribution in [0.25, 0.3) is 0 Å². The van der Waals surface area contributed by atoms with E-state index in [-0.39, 0.29) is 5.41 Å². The number of fused-ring (bicyclic) bond motifs is 1. The molecular formula is C17H29NO. The number of aldehydes is 1. The number of likely N-dealkylation sites (tertiary alicyclic amines) is 1. The Morgan fingerprint density at radius 3 is 2.79 bits per heavy atom. The Labute approximate surface area is 117 Å². The van der Waals surface area contributed by atoms with Gasteiger partial charge >= 0.3 is 0 Å². The third-order valence-electron chi connectivity index (χ3n) is 6.00. The second-order valence-corrected chi connectivity index (χ2v) is 7.55. The lowest BCUT2D eigenvalue weighted by Crippen LogP contribution is -2.49. The third-order valence-corrected chi connectivity index (χ3v) is 6.00. The minimum atomic E-state index is -0.0118. The van der Waals surface area contributed by atoms with Crippen LogP contribution in [0.4, 0.5) is 0 Å². The molecule has 0 aromatic rings. The predicted molar refractivity (Wildman–Crippen MR) is 78.1 cm³/mol. The lowest BCUT2D eigenvalue weighted by Gasteiger charge is -2.45. The van der Waals surface area contributed by atoms with E-state index < -0.39 is 0 Å². The Morgan fingerprint density at radius 1 is 1.16 bits per heavy atom. The summed E-state index contributed by atoms with van der Waals surface area (Å²) in [7, 11) is 0. The number of carbonyl (C=O) groups is 1. The predicted octanol–water partition coefficient (Wildman–Crippen LogP) is 3.65. The quantitative estimate of drug-likeness (QED) is 0.724. The number of carbonyl (C=O) groups excluding carboxylic acids is 1. The SMILES string of the molecule is CC1CCCC(C=O)(CN2CCCC3CCCC32)C1. The zero-order chi connectivity index (χ0) is 13.3. The van der Waals surface area contributed by atoms with E-state index in [1.165, 1.54) is 57.8 Å². The minimum absolute atomic E-state index is 0.0118. The molecule has 0 radical (unpaired) electrons. The molecule has 19 heavy (non-hydrogen) atoms. The normalized spacial score (nSPS) is 43.9. The van der Waals surface area contributed by atoms with Crippen LogP contribution in [0.5, 0.6) is 0 Å². The molecule has 2 saturated carbocycles. The molecule has 4 atom stereocenters. The molecule has 0 spiro atoms. The Bertz CT molecular complexity index is 329. The van der Waals surface area contributed by atoms with Gasteiger partial charge in [0.1, 0.15) is 6.29 Å². The van der Waals surface area contributed by atoms with E-state index in [4.69, 9.17) is 0 Å². The molecule has 108 valence electrons. The van der Waals surface area contributed by atoms with Crippen LogP contribution >= 0.6 is 0 Å². The van der Waals surface area contributed by atoms with Crippen molar-refractivity contribution < 1.29 is 4.79 Å². The van der Waals surface area contributed by atoms with E-state index in [0.717, 1.165) is 37.3 Å². The number of nitrogens with zero attached hydrogens (tertiary/aromatic N) is 1. The first-order valence-corrected chi connectivity index (χ1v) is 8.43. The van der Waals surface area contributed by atoms with E-state index >= 15 is 0 Å². The van der Waals surface area contributed by atoms with Gasteiger partial charge in [-0.05, 0) is 56.9 Å². The Morgan fingerprint density at radius 2 is 2.00 bits per heavy atom. The molecule has 1 aliphatic heterocycles. The lowest BCUT2D eigenvalue weighted by molar-refractivity contribution is -0.121. The number of hydrogen-bond donors (Lipinski definition) is 0. The Hall–Kier alpha value is -0.370. The monoisotopic (exact) mass is 263 g/mol. The lowest BCUT2D eigenvalue weighted by atomic mass is 9.70. The highest BCUT2D eigenvalue weighted by Crippen LogP contribution is 2.42. The van der Waals surface area contributed by atoms with Crippen molar-refractivity contribution in [2.45, 2.75) is 70.8 Å². The average Bonchev–Trinajstić information content (AvgIpc) is 2.88. The molecule has 0 N–H and O–H groups in total. The molecule has 1 saturated heterocycles. The van der Waals surface area contributed by atoms with E-state index in [9.17, 15) is 4.79 Å². The molecular weight excluding hydrogens is 234 g/mol. The number of piperidine rings is 1. The highest BCUT2D eigenvalue weighted by atomic mass is 16.1. The van der Waals surface area contributed by atoms with Gasteiger partial charge in [-0.1, -0.05) is 26.2 Å². The van der Waals surface area contributed by atoms with Crippen LogP contribution < -0.4 is 0 Å². The first-order valence-electron chi connectivity index (χ1n) is 8.43. The molecule has 0 bridgehead atoms. The van der Waals surface area contributed by atoms with Gasteiger partial charge in [0, 0.05) is 18.0 Å². The fraction of sp³-hybridized carbons (Fsp3) is 0.941. The van der Waals surface area contributed by atoms with Crippen molar-refractivity contribution in [2.24, 2.45) is 17.3 Å². The van der Waals surface area contributed by atoms with Gasteiger partial charge in [-0.25, -0.2) is 0 Å². The molecule has 1 heterocycles. The zero-order valence-electron chi connectivity index (χ0n) is 12.4. The van der Waals surface area contributed by atoms with Gasteiger partial charge in [0.15, 0.2) is 0 Å². The molecule has 0 amide bonds. The molecule has 3 aliphatic rings. The summed E-state index contributed by atoms with van der Waals surface area (Å²) in [6, 6.07) is 0.808. The summed E-state index contributed by atoms with van der Waals surface area (Å²) in [6.45, 7) is 4.62. The minimum Gasteiger partial charge on any atom is -0.303 e. The number of hydrogen-bond acceptors (Lipinski definition) is 2. The van der Waals surface area contributed by atoms with Crippen molar-refractivity contribution in [3.63, 3.8) is 0 Å². The molecule has 2 nitrogen and oxygen atoms in total. The number of rotatable bonds is 3. The van der Waals surface area contributed by atoms with Crippen molar-refractivity contribution in [2.75, 3.05) is 13.1 Å². The molecule has 2 heteroatoms. The maximum absolute atomic E-state index is 11.8. The first-order chi connectivity index (χ1) is 9.22. The van der Waals surface area contributed by atoms with Gasteiger partial charge in [0.05, 0.1) is 0 Å². The molecule has 3 fully saturated rings. The second kappa shape index (κ2) is 5.55. The van der Waals surface area contributed by atoms with Gasteiger partial charge in [0.25, 0.3) is 0 Å². The third kappa shape index (κ3) is 2.74. The Kier molecular flexibility index (Phi) is 3.98. The maximum atomic E-state index is 11.8. The molecule has 0 aromatic heterocycles. The van der Waals surface area contributed by atoms with Crippen LogP contribution in [0.15, 0.2) is 0 Å². The first kappa shape index (κ1) is 13.6. The van der Waals surface area contributed by atoms with Gasteiger partial charge in [-0.3, -0.25) is 4.90 Å². The summed E-state index contributed by atoms with van der Waals surface area (Å²) < 4.78 is 0. The molecule has 0 aromatic carbocycles. The summed E-state index contributed by atoms with van der Waals surface area (Å²) in [4.78, 5) is 14.5. The molecule has 4 unspecified atom stereocenters. The summed E-state index contributed by atoms with van der Waals surface area (Å²) in [5.41, 5.74) is -0.0118. The average molecular weight is 263 g/mol. The van der Waals surface area contributed by atoms with Crippen molar-refractivity contribution >= 4 is 6.29 Å². The summed E-state index contributed by atoms with van der Waals surface area (Å²) >= 11 is 0. The van der Waals surface area contributed by atoms with E-state index in [2.05, 4.69) is 11.8 Å². The van der Waals surface area contributed by atoms with Crippen LogP contribution in [0.3, 0.4) is 0 Å². The highest BCUT2D eigenvalue weighted by molar-refractivity contribution is 5.60. The fourth-order valence-electron chi connectivity index (χ4n) is 5.15.